The summed E-state index contributed by atoms with van der Waals surface area (Å²) in [6.07, 6.45) is 0.146. The van der Waals surface area contributed by atoms with Gasteiger partial charge in [0, 0.05) is 6.54 Å². The Morgan fingerprint density at radius 2 is 1.56 bits per heavy atom. The number of hydrogen-bond donors (Lipinski definition) is 0. The lowest BCUT2D eigenvalue weighted by molar-refractivity contribution is -0.122. The highest BCUT2D eigenvalue weighted by Crippen LogP contribution is 2.31. The van der Waals surface area contributed by atoms with Crippen LogP contribution in [0.5, 0.6) is 11.5 Å². The molecule has 3 aromatic carbocycles. The smallest absolute Gasteiger partial charge is 0.252 e. The highest BCUT2D eigenvalue weighted by atomic mass is 32.2. The molecular formula is C27H28N2O6S. The molecule has 0 aromatic heterocycles. The second kappa shape index (κ2) is 10.9. The Hall–Kier alpha value is -3.69. The van der Waals surface area contributed by atoms with Gasteiger partial charge in [-0.2, -0.15) is 4.31 Å². The summed E-state index contributed by atoms with van der Waals surface area (Å²) >= 11 is 0. The monoisotopic (exact) mass is 508 g/mol. The molecule has 8 nitrogen and oxygen atoms in total. The normalized spacial score (nSPS) is 16.0. The number of carbonyl (C=O) groups excluding carboxylic acids is 2. The third-order valence-electron chi connectivity index (χ3n) is 6.01. The van der Waals surface area contributed by atoms with Crippen molar-refractivity contribution >= 4 is 27.5 Å². The van der Waals surface area contributed by atoms with Crippen LogP contribution in [0.2, 0.25) is 0 Å². The van der Waals surface area contributed by atoms with Crippen molar-refractivity contribution in [3.05, 3.63) is 84.4 Å². The number of ether oxygens (including phenoxy) is 2. The van der Waals surface area contributed by atoms with Gasteiger partial charge in [-0.3, -0.25) is 9.59 Å². The van der Waals surface area contributed by atoms with E-state index in [4.69, 9.17) is 9.47 Å². The molecule has 1 unspecified atom stereocenters. The van der Waals surface area contributed by atoms with Gasteiger partial charge in [0.05, 0.1) is 30.7 Å². The average Bonchev–Trinajstić information content (AvgIpc) is 3.18. The Balaban J connectivity index is 1.66. The molecule has 3 aromatic rings. The van der Waals surface area contributed by atoms with Crippen LogP contribution in [0.15, 0.2) is 83.8 Å². The fourth-order valence-electron chi connectivity index (χ4n) is 4.18. The second-order valence-electron chi connectivity index (χ2n) is 8.24. The zero-order valence-corrected chi connectivity index (χ0v) is 21.0. The minimum atomic E-state index is -4.10. The fraction of sp³-hybridized carbons (Fsp3) is 0.259. The molecule has 36 heavy (non-hydrogen) atoms. The number of nitrogens with zero attached hydrogens (tertiary/aromatic N) is 2. The van der Waals surface area contributed by atoms with E-state index in [1.54, 1.807) is 36.4 Å². The SMILES string of the molecule is CCOc1ccc(N2C(=O)CC(N(CCc3ccccc3)S(=O)(=O)c3ccc(OC)cc3)C2=O)cc1. The van der Waals surface area contributed by atoms with E-state index < -0.39 is 27.9 Å². The van der Waals surface area contributed by atoms with Gasteiger partial charge in [0.1, 0.15) is 17.5 Å². The lowest BCUT2D eigenvalue weighted by Gasteiger charge is -2.27. The topological polar surface area (TPSA) is 93.2 Å². The van der Waals surface area contributed by atoms with Crippen LogP contribution in [0.4, 0.5) is 5.69 Å². The minimum Gasteiger partial charge on any atom is -0.497 e. The van der Waals surface area contributed by atoms with Crippen molar-refractivity contribution in [2.75, 3.05) is 25.2 Å². The molecule has 1 aliphatic heterocycles. The summed E-state index contributed by atoms with van der Waals surface area (Å²) in [6, 6.07) is 20.8. The van der Waals surface area contributed by atoms with Crippen molar-refractivity contribution in [1.29, 1.82) is 0 Å². The van der Waals surface area contributed by atoms with E-state index in [1.165, 1.54) is 19.2 Å². The van der Waals surface area contributed by atoms with Crippen molar-refractivity contribution in [3.63, 3.8) is 0 Å². The highest BCUT2D eigenvalue weighted by molar-refractivity contribution is 7.89. The predicted molar refractivity (Wildman–Crippen MR) is 136 cm³/mol. The number of rotatable bonds is 10. The van der Waals surface area contributed by atoms with Gasteiger partial charge in [0.25, 0.3) is 5.91 Å². The number of imide groups is 1. The second-order valence-corrected chi connectivity index (χ2v) is 10.1. The maximum absolute atomic E-state index is 13.7. The van der Waals surface area contributed by atoms with Crippen LogP contribution in [0.25, 0.3) is 0 Å². The van der Waals surface area contributed by atoms with Crippen LogP contribution in [0.3, 0.4) is 0 Å². The summed E-state index contributed by atoms with van der Waals surface area (Å²) in [5, 5.41) is 0. The summed E-state index contributed by atoms with van der Waals surface area (Å²) < 4.78 is 39.2. The highest BCUT2D eigenvalue weighted by Gasteiger charge is 2.46. The Morgan fingerprint density at radius 1 is 0.917 bits per heavy atom. The molecule has 1 atom stereocenters. The number of hydrogen-bond acceptors (Lipinski definition) is 6. The third kappa shape index (κ3) is 5.27. The fourth-order valence-corrected chi connectivity index (χ4v) is 5.76. The first-order chi connectivity index (χ1) is 17.3. The largest absolute Gasteiger partial charge is 0.497 e. The molecule has 1 fully saturated rings. The van der Waals surface area contributed by atoms with E-state index in [-0.39, 0.29) is 17.9 Å². The summed E-state index contributed by atoms with van der Waals surface area (Å²) in [6.45, 7) is 2.39. The molecule has 188 valence electrons. The molecule has 0 radical (unpaired) electrons. The van der Waals surface area contributed by atoms with Crippen LogP contribution in [-0.2, 0) is 26.0 Å². The molecule has 2 amide bonds. The summed E-state index contributed by atoms with van der Waals surface area (Å²) in [7, 11) is -2.60. The first-order valence-electron chi connectivity index (χ1n) is 11.6. The molecule has 0 saturated carbocycles. The van der Waals surface area contributed by atoms with Gasteiger partial charge < -0.3 is 9.47 Å². The van der Waals surface area contributed by atoms with Crippen molar-refractivity contribution in [2.24, 2.45) is 0 Å². The molecule has 0 N–H and O–H groups in total. The number of anilines is 1. The van der Waals surface area contributed by atoms with Crippen molar-refractivity contribution in [2.45, 2.75) is 30.7 Å². The van der Waals surface area contributed by atoms with E-state index in [2.05, 4.69) is 0 Å². The molecule has 1 aliphatic rings. The lowest BCUT2D eigenvalue weighted by Crippen LogP contribution is -2.46. The first kappa shape index (κ1) is 25.4. The van der Waals surface area contributed by atoms with E-state index in [0.29, 0.717) is 30.2 Å². The minimum absolute atomic E-state index is 0.0242. The molecule has 0 aliphatic carbocycles. The van der Waals surface area contributed by atoms with Gasteiger partial charge in [-0.15, -0.1) is 0 Å². The molecule has 9 heteroatoms. The molecule has 4 rings (SSSR count). The Kier molecular flexibility index (Phi) is 7.71. The number of carbonyl (C=O) groups is 2. The quantitative estimate of drug-likeness (QED) is 0.388. The zero-order chi connectivity index (χ0) is 25.7. The summed E-state index contributed by atoms with van der Waals surface area (Å²) in [5.41, 5.74) is 1.30. The van der Waals surface area contributed by atoms with Gasteiger partial charge in [-0.25, -0.2) is 13.3 Å². The van der Waals surface area contributed by atoms with Crippen molar-refractivity contribution in [1.82, 2.24) is 4.31 Å². The predicted octanol–water partition coefficient (Wildman–Crippen LogP) is 3.66. The average molecular weight is 509 g/mol. The first-order valence-corrected chi connectivity index (χ1v) is 13.1. The van der Waals surface area contributed by atoms with Gasteiger partial charge in [-0.05, 0) is 67.4 Å². The van der Waals surface area contributed by atoms with Crippen LogP contribution in [0.1, 0.15) is 18.9 Å². The lowest BCUT2D eigenvalue weighted by atomic mass is 10.1. The maximum Gasteiger partial charge on any atom is 0.252 e. The van der Waals surface area contributed by atoms with E-state index in [1.807, 2.05) is 37.3 Å². The Morgan fingerprint density at radius 3 is 2.17 bits per heavy atom. The maximum atomic E-state index is 13.7. The van der Waals surface area contributed by atoms with Crippen LogP contribution in [0, 0.1) is 0 Å². The van der Waals surface area contributed by atoms with Crippen molar-refractivity contribution in [3.8, 4) is 11.5 Å². The van der Waals surface area contributed by atoms with E-state index >= 15 is 0 Å². The van der Waals surface area contributed by atoms with Gasteiger partial charge in [0.2, 0.25) is 15.9 Å². The van der Waals surface area contributed by atoms with E-state index in [0.717, 1.165) is 14.8 Å². The van der Waals surface area contributed by atoms with Gasteiger partial charge >= 0.3 is 0 Å². The summed E-state index contributed by atoms with van der Waals surface area (Å²) in [4.78, 5) is 27.6. The number of sulfonamides is 1. The van der Waals surface area contributed by atoms with Gasteiger partial charge in [-0.1, -0.05) is 30.3 Å². The zero-order valence-electron chi connectivity index (χ0n) is 20.2. The van der Waals surface area contributed by atoms with Crippen LogP contribution in [-0.4, -0.2) is 50.8 Å². The number of methoxy groups -OCH3 is 1. The summed E-state index contributed by atoms with van der Waals surface area (Å²) in [5.74, 6) is 0.0974. The molecule has 1 heterocycles. The standard InChI is InChI=1S/C27H28N2O6S/c1-3-35-23-11-9-21(10-12-23)29-26(30)19-25(27(29)31)28(18-17-20-7-5-4-6-8-20)36(32,33)24-15-13-22(34-2)14-16-24/h4-16,25H,3,17-19H2,1-2H3. The Bertz CT molecular complexity index is 1310. The molecule has 1 saturated heterocycles. The van der Waals surface area contributed by atoms with Crippen LogP contribution < -0.4 is 14.4 Å². The van der Waals surface area contributed by atoms with E-state index in [9.17, 15) is 18.0 Å². The molecular weight excluding hydrogens is 480 g/mol. The van der Waals surface area contributed by atoms with Crippen LogP contribution >= 0.6 is 0 Å². The third-order valence-corrected chi connectivity index (χ3v) is 7.93. The Labute approximate surface area is 211 Å². The number of benzene rings is 3. The molecule has 0 spiro atoms. The molecule has 0 bridgehead atoms. The van der Waals surface area contributed by atoms with Gasteiger partial charge in [0.15, 0.2) is 0 Å². The van der Waals surface area contributed by atoms with Crippen molar-refractivity contribution < 1.29 is 27.5 Å². The number of amides is 2.